The van der Waals surface area contributed by atoms with Gasteiger partial charge in [-0.25, -0.2) is 0 Å². The summed E-state index contributed by atoms with van der Waals surface area (Å²) in [5.74, 6) is 0.432. The highest BCUT2D eigenvalue weighted by molar-refractivity contribution is 6.08. The molecule has 2 aliphatic heterocycles. The number of amides is 4. The van der Waals surface area contributed by atoms with Gasteiger partial charge in [0.2, 0.25) is 5.91 Å². The summed E-state index contributed by atoms with van der Waals surface area (Å²) >= 11 is 0. The van der Waals surface area contributed by atoms with Crippen LogP contribution < -0.4 is 19.7 Å². The Morgan fingerprint density at radius 2 is 1.25 bits per heavy atom. The first-order chi connectivity index (χ1) is 24.7. The SMILES string of the molecule is CN1CCN(C(=O)CCCCCOc2ccccc2N(C)C(=O)c2ccc(NC(=O)c3ccccc3OCC(=O)N3CCN(C)CC3)cc2)CC1. The Morgan fingerprint density at radius 1 is 0.667 bits per heavy atom. The van der Waals surface area contributed by atoms with Crippen molar-refractivity contribution in [2.45, 2.75) is 25.7 Å². The molecule has 2 saturated heterocycles. The third kappa shape index (κ3) is 10.5. The van der Waals surface area contributed by atoms with Crippen LogP contribution in [-0.4, -0.2) is 130 Å². The van der Waals surface area contributed by atoms with E-state index in [-0.39, 0.29) is 30.2 Å². The predicted molar refractivity (Wildman–Crippen MR) is 198 cm³/mol. The van der Waals surface area contributed by atoms with E-state index < -0.39 is 0 Å². The Labute approximate surface area is 300 Å². The van der Waals surface area contributed by atoms with E-state index in [9.17, 15) is 19.2 Å². The van der Waals surface area contributed by atoms with Gasteiger partial charge < -0.3 is 39.3 Å². The largest absolute Gasteiger partial charge is 0.491 e. The summed E-state index contributed by atoms with van der Waals surface area (Å²) in [6.07, 6.45) is 3.07. The average molecular weight is 699 g/mol. The van der Waals surface area contributed by atoms with Gasteiger partial charge in [-0.3, -0.25) is 19.2 Å². The minimum atomic E-state index is -0.387. The molecule has 1 N–H and O–H groups in total. The predicted octanol–water partition coefficient (Wildman–Crippen LogP) is 4.08. The summed E-state index contributed by atoms with van der Waals surface area (Å²) in [6, 6.07) is 20.9. The van der Waals surface area contributed by atoms with E-state index >= 15 is 0 Å². The van der Waals surface area contributed by atoms with Crippen molar-refractivity contribution in [1.82, 2.24) is 19.6 Å². The molecule has 2 aliphatic rings. The molecule has 272 valence electrons. The second kappa shape index (κ2) is 18.3. The van der Waals surface area contributed by atoms with Crippen LogP contribution in [0.5, 0.6) is 11.5 Å². The number of carbonyl (C=O) groups excluding carboxylic acids is 4. The zero-order valence-corrected chi connectivity index (χ0v) is 30.0. The van der Waals surface area contributed by atoms with Gasteiger partial charge in [-0.15, -0.1) is 0 Å². The van der Waals surface area contributed by atoms with Crippen molar-refractivity contribution in [3.63, 3.8) is 0 Å². The summed E-state index contributed by atoms with van der Waals surface area (Å²) in [5.41, 5.74) is 1.91. The first-order valence-corrected chi connectivity index (χ1v) is 17.8. The first-order valence-electron chi connectivity index (χ1n) is 17.8. The molecule has 12 heteroatoms. The van der Waals surface area contributed by atoms with Gasteiger partial charge in [0.25, 0.3) is 17.7 Å². The number of unbranched alkanes of at least 4 members (excludes halogenated alkanes) is 2. The number of carbonyl (C=O) groups is 4. The van der Waals surface area contributed by atoms with Crippen LogP contribution in [0.2, 0.25) is 0 Å². The molecule has 3 aromatic carbocycles. The zero-order valence-electron chi connectivity index (χ0n) is 30.0. The lowest BCUT2D eigenvalue weighted by Gasteiger charge is -2.32. The van der Waals surface area contributed by atoms with Gasteiger partial charge in [0.15, 0.2) is 6.61 Å². The smallest absolute Gasteiger partial charge is 0.260 e. The summed E-state index contributed by atoms with van der Waals surface area (Å²) in [4.78, 5) is 61.6. The highest BCUT2D eigenvalue weighted by Crippen LogP contribution is 2.29. The number of rotatable bonds is 14. The highest BCUT2D eigenvalue weighted by Gasteiger charge is 2.22. The van der Waals surface area contributed by atoms with E-state index in [1.807, 2.05) is 36.2 Å². The summed E-state index contributed by atoms with van der Waals surface area (Å²) < 4.78 is 11.9. The Balaban J connectivity index is 1.09. The maximum absolute atomic E-state index is 13.5. The molecule has 2 fully saturated rings. The van der Waals surface area contributed by atoms with Crippen LogP contribution in [0, 0.1) is 0 Å². The molecule has 51 heavy (non-hydrogen) atoms. The Bertz CT molecular complexity index is 1630. The first kappa shape index (κ1) is 37.3. The number of hydrogen-bond donors (Lipinski definition) is 1. The van der Waals surface area contributed by atoms with Crippen LogP contribution in [0.4, 0.5) is 11.4 Å². The molecule has 0 aromatic heterocycles. The number of benzene rings is 3. The zero-order chi connectivity index (χ0) is 36.2. The fraction of sp³-hybridized carbons (Fsp3) is 0.436. The molecule has 4 amide bonds. The monoisotopic (exact) mass is 698 g/mol. The molecule has 0 radical (unpaired) electrons. The Hall–Kier alpha value is -4.94. The van der Waals surface area contributed by atoms with Crippen LogP contribution >= 0.6 is 0 Å². The Kier molecular flexibility index (Phi) is 13.4. The fourth-order valence-corrected chi connectivity index (χ4v) is 6.07. The van der Waals surface area contributed by atoms with E-state index in [0.29, 0.717) is 60.1 Å². The number of nitrogens with zero attached hydrogens (tertiary/aromatic N) is 5. The molecular weight excluding hydrogens is 648 g/mol. The van der Waals surface area contributed by atoms with E-state index in [2.05, 4.69) is 22.2 Å². The molecule has 0 spiro atoms. The van der Waals surface area contributed by atoms with Crippen molar-refractivity contribution in [1.29, 1.82) is 0 Å². The number of hydrogen-bond acceptors (Lipinski definition) is 8. The van der Waals surface area contributed by atoms with Gasteiger partial charge in [0.1, 0.15) is 11.5 Å². The maximum atomic E-state index is 13.5. The molecular formula is C39H50N6O6. The minimum absolute atomic E-state index is 0.112. The van der Waals surface area contributed by atoms with E-state index in [4.69, 9.17) is 9.47 Å². The van der Waals surface area contributed by atoms with Crippen LogP contribution in [0.1, 0.15) is 46.4 Å². The minimum Gasteiger partial charge on any atom is -0.491 e. The summed E-state index contributed by atoms with van der Waals surface area (Å²) in [7, 11) is 5.81. The third-order valence-corrected chi connectivity index (χ3v) is 9.41. The van der Waals surface area contributed by atoms with E-state index in [0.717, 1.165) is 58.5 Å². The van der Waals surface area contributed by atoms with E-state index in [1.165, 1.54) is 0 Å². The van der Waals surface area contributed by atoms with Gasteiger partial charge in [0.05, 0.1) is 17.9 Å². The molecule has 0 saturated carbocycles. The van der Waals surface area contributed by atoms with Crippen LogP contribution in [0.25, 0.3) is 0 Å². The number of ether oxygens (including phenoxy) is 2. The topological polar surface area (TPSA) is 115 Å². The van der Waals surface area contributed by atoms with Crippen LogP contribution in [-0.2, 0) is 9.59 Å². The standard InChI is InChI=1S/C39H50N6O6/c1-41-20-24-44(25-21-41)36(46)15-5-4-10-28-50-35-14-9-7-12-33(35)43(3)39(49)30-16-18-31(19-17-30)40-38(48)32-11-6-8-13-34(32)51-29-37(47)45-26-22-42(2)23-27-45/h6-9,11-14,16-19H,4-5,10,15,20-29H2,1-3H3,(H,40,48). The number of nitrogens with one attached hydrogen (secondary N) is 1. The van der Waals surface area contributed by atoms with Crippen LogP contribution in [0.15, 0.2) is 72.8 Å². The van der Waals surface area contributed by atoms with Gasteiger partial charge in [-0.05, 0) is 81.9 Å². The van der Waals surface area contributed by atoms with Gasteiger partial charge in [-0.1, -0.05) is 24.3 Å². The van der Waals surface area contributed by atoms with Crippen molar-refractivity contribution in [2.75, 3.05) is 96.9 Å². The quantitative estimate of drug-likeness (QED) is 0.251. The fourth-order valence-electron chi connectivity index (χ4n) is 6.07. The second-order valence-corrected chi connectivity index (χ2v) is 13.2. The molecule has 2 heterocycles. The van der Waals surface area contributed by atoms with Gasteiger partial charge in [0, 0.05) is 77.1 Å². The molecule has 0 unspecified atom stereocenters. The summed E-state index contributed by atoms with van der Waals surface area (Å²) in [6.45, 7) is 6.72. The van der Waals surface area contributed by atoms with Crippen molar-refractivity contribution < 1.29 is 28.7 Å². The van der Waals surface area contributed by atoms with Crippen LogP contribution in [0.3, 0.4) is 0 Å². The normalized spacial score (nSPS) is 15.3. The molecule has 12 nitrogen and oxygen atoms in total. The van der Waals surface area contributed by atoms with Gasteiger partial charge in [-0.2, -0.15) is 0 Å². The number of piperazine rings is 2. The number of likely N-dealkylation sites (N-methyl/N-ethyl adjacent to an activating group) is 2. The molecule has 5 rings (SSSR count). The Morgan fingerprint density at radius 3 is 1.92 bits per heavy atom. The van der Waals surface area contributed by atoms with Crippen molar-refractivity contribution in [3.8, 4) is 11.5 Å². The van der Waals surface area contributed by atoms with Crippen molar-refractivity contribution >= 4 is 35.0 Å². The third-order valence-electron chi connectivity index (χ3n) is 9.41. The number of anilines is 2. The highest BCUT2D eigenvalue weighted by atomic mass is 16.5. The lowest BCUT2D eigenvalue weighted by Crippen LogP contribution is -2.48. The second-order valence-electron chi connectivity index (χ2n) is 13.2. The molecule has 0 bridgehead atoms. The lowest BCUT2D eigenvalue weighted by molar-refractivity contribution is -0.135. The molecule has 0 aliphatic carbocycles. The molecule has 0 atom stereocenters. The lowest BCUT2D eigenvalue weighted by atomic mass is 10.1. The number of para-hydroxylation sites is 3. The van der Waals surface area contributed by atoms with E-state index in [1.54, 1.807) is 65.4 Å². The van der Waals surface area contributed by atoms with Crippen molar-refractivity contribution in [2.24, 2.45) is 0 Å². The van der Waals surface area contributed by atoms with Gasteiger partial charge >= 0.3 is 0 Å². The summed E-state index contributed by atoms with van der Waals surface area (Å²) in [5, 5.41) is 2.87. The maximum Gasteiger partial charge on any atom is 0.260 e. The molecule has 3 aromatic rings. The van der Waals surface area contributed by atoms with Crippen molar-refractivity contribution in [3.05, 3.63) is 83.9 Å². The average Bonchev–Trinajstić information content (AvgIpc) is 3.15.